The third kappa shape index (κ3) is 4.03. The lowest BCUT2D eigenvalue weighted by molar-refractivity contribution is 0.285. The summed E-state index contributed by atoms with van der Waals surface area (Å²) in [5.74, 6) is 0. The number of hydrogen-bond donors (Lipinski definition) is 1. The van der Waals surface area contributed by atoms with Crippen molar-refractivity contribution < 1.29 is 4.39 Å². The van der Waals surface area contributed by atoms with E-state index in [1.54, 1.807) is 0 Å². The van der Waals surface area contributed by atoms with E-state index in [9.17, 15) is 4.39 Å². The molecule has 0 heterocycles. The van der Waals surface area contributed by atoms with Gasteiger partial charge in [-0.25, -0.2) is 4.39 Å². The molecule has 0 saturated heterocycles. The van der Waals surface area contributed by atoms with Gasteiger partial charge < -0.3 is 5.32 Å². The van der Waals surface area contributed by atoms with Crippen molar-refractivity contribution in [2.75, 3.05) is 6.54 Å². The number of alkyl halides is 1. The number of rotatable bonds is 4. The minimum absolute atomic E-state index is 0.0386. The Balaban J connectivity index is 2.09. The van der Waals surface area contributed by atoms with E-state index in [4.69, 9.17) is 0 Å². The highest BCUT2D eigenvalue weighted by Gasteiger charge is 2.14. The molecule has 0 spiro atoms. The molecule has 1 nitrogen and oxygen atoms in total. The van der Waals surface area contributed by atoms with Crippen LogP contribution in [-0.2, 0) is 6.42 Å². The van der Waals surface area contributed by atoms with E-state index in [0.29, 0.717) is 13.0 Å². The van der Waals surface area contributed by atoms with Crippen molar-refractivity contribution in [1.82, 2.24) is 5.32 Å². The van der Waals surface area contributed by atoms with E-state index in [1.165, 1.54) is 5.39 Å². The standard InChI is InChI=1S/C17H22FN/c1-17(2,3)19-12-15(18)11-14-9-6-8-13-7-4-5-10-16(13)14/h4-10,15,19H,11-12H2,1-3H3. The maximum atomic E-state index is 14.1. The van der Waals surface area contributed by atoms with Crippen LogP contribution in [0.4, 0.5) is 4.39 Å². The summed E-state index contributed by atoms with van der Waals surface area (Å²) in [7, 11) is 0. The van der Waals surface area contributed by atoms with Crippen LogP contribution in [0.15, 0.2) is 42.5 Å². The molecular weight excluding hydrogens is 237 g/mol. The summed E-state index contributed by atoms with van der Waals surface area (Å²) >= 11 is 0. The van der Waals surface area contributed by atoms with Crippen molar-refractivity contribution in [2.45, 2.75) is 38.9 Å². The highest BCUT2D eigenvalue weighted by atomic mass is 19.1. The largest absolute Gasteiger partial charge is 0.309 e. The molecule has 0 aromatic heterocycles. The first-order valence-corrected chi connectivity index (χ1v) is 6.81. The lowest BCUT2D eigenvalue weighted by Crippen LogP contribution is -2.40. The smallest absolute Gasteiger partial charge is 0.117 e. The molecule has 102 valence electrons. The maximum absolute atomic E-state index is 14.1. The van der Waals surface area contributed by atoms with Gasteiger partial charge in [0.25, 0.3) is 0 Å². The van der Waals surface area contributed by atoms with Crippen molar-refractivity contribution in [2.24, 2.45) is 0 Å². The van der Waals surface area contributed by atoms with Gasteiger partial charge in [0.2, 0.25) is 0 Å². The molecule has 0 aliphatic rings. The van der Waals surface area contributed by atoms with Gasteiger partial charge in [-0.3, -0.25) is 0 Å². The molecule has 0 bridgehead atoms. The minimum atomic E-state index is -0.856. The van der Waals surface area contributed by atoms with Crippen LogP contribution in [0, 0.1) is 0 Å². The van der Waals surface area contributed by atoms with Gasteiger partial charge in [-0.2, -0.15) is 0 Å². The van der Waals surface area contributed by atoms with E-state index in [-0.39, 0.29) is 5.54 Å². The molecule has 2 rings (SSSR count). The topological polar surface area (TPSA) is 12.0 Å². The summed E-state index contributed by atoms with van der Waals surface area (Å²) in [5.41, 5.74) is 1.05. The van der Waals surface area contributed by atoms with Gasteiger partial charge in [0, 0.05) is 18.5 Å². The monoisotopic (exact) mass is 259 g/mol. The summed E-state index contributed by atoms with van der Waals surface area (Å²) in [6.45, 7) is 6.56. The zero-order chi connectivity index (χ0) is 13.9. The summed E-state index contributed by atoms with van der Waals surface area (Å²) < 4.78 is 14.1. The van der Waals surface area contributed by atoms with Crippen LogP contribution >= 0.6 is 0 Å². The second kappa shape index (κ2) is 5.70. The van der Waals surface area contributed by atoms with Crippen LogP contribution in [0.1, 0.15) is 26.3 Å². The molecule has 0 radical (unpaired) electrons. The van der Waals surface area contributed by atoms with Gasteiger partial charge in [0.1, 0.15) is 6.17 Å². The molecule has 2 heteroatoms. The lowest BCUT2D eigenvalue weighted by Gasteiger charge is -2.22. The average molecular weight is 259 g/mol. The van der Waals surface area contributed by atoms with Gasteiger partial charge in [-0.15, -0.1) is 0 Å². The number of benzene rings is 2. The van der Waals surface area contributed by atoms with Crippen molar-refractivity contribution >= 4 is 10.8 Å². The molecule has 0 fully saturated rings. The first kappa shape index (κ1) is 14.0. The van der Waals surface area contributed by atoms with E-state index >= 15 is 0 Å². The molecule has 1 N–H and O–H groups in total. The lowest BCUT2D eigenvalue weighted by atomic mass is 10.00. The molecule has 19 heavy (non-hydrogen) atoms. The average Bonchev–Trinajstić information content (AvgIpc) is 2.36. The van der Waals surface area contributed by atoms with Crippen molar-refractivity contribution in [3.05, 3.63) is 48.0 Å². The molecular formula is C17H22FN. The summed E-state index contributed by atoms with van der Waals surface area (Å²) in [4.78, 5) is 0. The summed E-state index contributed by atoms with van der Waals surface area (Å²) in [5, 5.41) is 5.55. The van der Waals surface area contributed by atoms with Gasteiger partial charge in [0.05, 0.1) is 0 Å². The normalized spacial score (nSPS) is 13.7. The summed E-state index contributed by atoms with van der Waals surface area (Å²) in [6.07, 6.45) is -0.394. The minimum Gasteiger partial charge on any atom is -0.309 e. The Kier molecular flexibility index (Phi) is 4.20. The van der Waals surface area contributed by atoms with Crippen LogP contribution in [0.5, 0.6) is 0 Å². The SMILES string of the molecule is CC(C)(C)NCC(F)Cc1cccc2ccccc12. The van der Waals surface area contributed by atoms with Gasteiger partial charge in [-0.05, 0) is 37.1 Å². The van der Waals surface area contributed by atoms with Crippen LogP contribution < -0.4 is 5.32 Å². The Morgan fingerprint density at radius 1 is 1.05 bits per heavy atom. The molecule has 0 aliphatic carbocycles. The molecule has 0 aliphatic heterocycles. The zero-order valence-electron chi connectivity index (χ0n) is 11.9. The van der Waals surface area contributed by atoms with Crippen LogP contribution in [0.25, 0.3) is 10.8 Å². The molecule has 1 unspecified atom stereocenters. The van der Waals surface area contributed by atoms with Crippen molar-refractivity contribution in [3.63, 3.8) is 0 Å². The Labute approximate surface area is 114 Å². The van der Waals surface area contributed by atoms with E-state index in [1.807, 2.05) is 24.3 Å². The van der Waals surface area contributed by atoms with Crippen LogP contribution in [0.2, 0.25) is 0 Å². The van der Waals surface area contributed by atoms with Gasteiger partial charge in [0.15, 0.2) is 0 Å². The molecule has 0 saturated carbocycles. The van der Waals surface area contributed by atoms with Crippen LogP contribution in [0.3, 0.4) is 0 Å². The van der Waals surface area contributed by atoms with Crippen molar-refractivity contribution in [1.29, 1.82) is 0 Å². The highest BCUT2D eigenvalue weighted by molar-refractivity contribution is 5.85. The number of halogens is 1. The fourth-order valence-electron chi connectivity index (χ4n) is 2.20. The van der Waals surface area contributed by atoms with Crippen molar-refractivity contribution in [3.8, 4) is 0 Å². The van der Waals surface area contributed by atoms with Gasteiger partial charge >= 0.3 is 0 Å². The first-order chi connectivity index (χ1) is 8.96. The second-order valence-electron chi connectivity index (χ2n) is 6.07. The van der Waals surface area contributed by atoms with Crippen LogP contribution in [-0.4, -0.2) is 18.3 Å². The summed E-state index contributed by atoms with van der Waals surface area (Å²) in [6, 6.07) is 14.2. The first-order valence-electron chi connectivity index (χ1n) is 6.81. The van der Waals surface area contributed by atoms with E-state index in [2.05, 4.69) is 44.3 Å². The third-order valence-corrected chi connectivity index (χ3v) is 3.18. The van der Waals surface area contributed by atoms with E-state index in [0.717, 1.165) is 10.9 Å². The fraction of sp³-hybridized carbons (Fsp3) is 0.412. The predicted molar refractivity (Wildman–Crippen MR) is 80.3 cm³/mol. The Morgan fingerprint density at radius 3 is 2.47 bits per heavy atom. The quantitative estimate of drug-likeness (QED) is 0.871. The number of nitrogens with one attached hydrogen (secondary N) is 1. The highest BCUT2D eigenvalue weighted by Crippen LogP contribution is 2.20. The Bertz CT molecular complexity index is 537. The predicted octanol–water partition coefficient (Wildman–Crippen LogP) is 4.11. The molecule has 2 aromatic carbocycles. The Hall–Kier alpha value is -1.41. The molecule has 0 amide bonds. The third-order valence-electron chi connectivity index (χ3n) is 3.18. The Morgan fingerprint density at radius 2 is 1.74 bits per heavy atom. The molecule has 1 atom stereocenters. The second-order valence-corrected chi connectivity index (χ2v) is 6.07. The van der Waals surface area contributed by atoms with E-state index < -0.39 is 6.17 Å². The number of fused-ring (bicyclic) bond motifs is 1. The fourth-order valence-corrected chi connectivity index (χ4v) is 2.20. The number of hydrogen-bond acceptors (Lipinski definition) is 1. The maximum Gasteiger partial charge on any atom is 0.117 e. The molecule has 2 aromatic rings. The van der Waals surface area contributed by atoms with Gasteiger partial charge in [-0.1, -0.05) is 42.5 Å². The zero-order valence-corrected chi connectivity index (χ0v) is 11.9.